The molecule has 2 aromatic heterocycles. The first-order valence-electron chi connectivity index (χ1n) is 6.45. The smallest absolute Gasteiger partial charge is 0.273 e. The molecule has 0 amide bonds. The molecule has 1 aromatic carbocycles. The van der Waals surface area contributed by atoms with Crippen LogP contribution in [-0.4, -0.2) is 22.3 Å². The van der Waals surface area contributed by atoms with Gasteiger partial charge in [0, 0.05) is 6.20 Å². The normalized spacial score (nSPS) is 10.8. The number of fused-ring (bicyclic) bond motifs is 1. The zero-order chi connectivity index (χ0) is 13.9. The second kappa shape index (κ2) is 5.21. The Balaban J connectivity index is 1.82. The van der Waals surface area contributed by atoms with Gasteiger partial charge in [-0.3, -0.25) is 15.0 Å². The number of aryl methyl sites for hydroxylation is 2. The van der Waals surface area contributed by atoms with Crippen LogP contribution in [0.2, 0.25) is 0 Å². The minimum Gasteiger partial charge on any atom is -0.497 e. The molecule has 0 spiro atoms. The van der Waals surface area contributed by atoms with Crippen LogP contribution in [0.5, 0.6) is 5.75 Å². The number of aromatic nitrogens is 3. The number of nitrogens with zero attached hydrogens (tertiary/aromatic N) is 1. The molecule has 0 aliphatic carbocycles. The molecule has 5 nitrogen and oxygen atoms in total. The maximum absolute atomic E-state index is 11.8. The molecule has 0 aliphatic rings. The summed E-state index contributed by atoms with van der Waals surface area (Å²) in [4.78, 5) is 15.9. The van der Waals surface area contributed by atoms with Crippen molar-refractivity contribution in [3.63, 3.8) is 0 Å². The number of benzene rings is 1. The predicted octanol–water partition coefficient (Wildman–Crippen LogP) is 2.04. The van der Waals surface area contributed by atoms with E-state index in [2.05, 4.69) is 15.2 Å². The van der Waals surface area contributed by atoms with Crippen molar-refractivity contribution in [2.75, 3.05) is 7.11 Å². The molecule has 20 heavy (non-hydrogen) atoms. The zero-order valence-electron chi connectivity index (χ0n) is 11.1. The van der Waals surface area contributed by atoms with Gasteiger partial charge in [0.15, 0.2) is 5.65 Å². The largest absolute Gasteiger partial charge is 0.497 e. The Labute approximate surface area is 115 Å². The molecule has 0 fully saturated rings. The average Bonchev–Trinajstić information content (AvgIpc) is 2.88. The molecule has 0 aliphatic heterocycles. The Bertz CT molecular complexity index is 772. The topological polar surface area (TPSA) is 70.8 Å². The van der Waals surface area contributed by atoms with Crippen LogP contribution in [0.15, 0.2) is 41.3 Å². The van der Waals surface area contributed by atoms with E-state index in [0.717, 1.165) is 24.2 Å². The standard InChI is InChI=1S/C15H15N3O2/c1-20-12-6-3-10(4-7-12)2-5-11-8-9-16-14-13(11)15(19)18-17-14/h3-4,6-9H,2,5H2,1H3,(H2,16,17,18,19). The molecule has 0 saturated heterocycles. The van der Waals surface area contributed by atoms with E-state index >= 15 is 0 Å². The average molecular weight is 269 g/mol. The number of aromatic amines is 2. The van der Waals surface area contributed by atoms with Crippen molar-refractivity contribution < 1.29 is 4.74 Å². The van der Waals surface area contributed by atoms with Crippen molar-refractivity contribution >= 4 is 11.0 Å². The van der Waals surface area contributed by atoms with Gasteiger partial charge in [0.1, 0.15) is 5.75 Å². The third kappa shape index (κ3) is 2.30. The zero-order valence-corrected chi connectivity index (χ0v) is 11.1. The lowest BCUT2D eigenvalue weighted by atomic mass is 10.0. The van der Waals surface area contributed by atoms with E-state index in [-0.39, 0.29) is 5.56 Å². The summed E-state index contributed by atoms with van der Waals surface area (Å²) >= 11 is 0. The third-order valence-electron chi connectivity index (χ3n) is 3.40. The Hall–Kier alpha value is -2.56. The lowest BCUT2D eigenvalue weighted by Gasteiger charge is -2.04. The van der Waals surface area contributed by atoms with Gasteiger partial charge in [-0.25, -0.2) is 4.98 Å². The van der Waals surface area contributed by atoms with Crippen molar-refractivity contribution in [1.82, 2.24) is 15.2 Å². The first kappa shape index (κ1) is 12.5. The fourth-order valence-electron chi connectivity index (χ4n) is 2.31. The monoisotopic (exact) mass is 269 g/mol. The molecular weight excluding hydrogens is 254 g/mol. The second-order valence-electron chi connectivity index (χ2n) is 4.62. The summed E-state index contributed by atoms with van der Waals surface area (Å²) in [6.07, 6.45) is 3.38. The number of hydrogen-bond donors (Lipinski definition) is 2. The summed E-state index contributed by atoms with van der Waals surface area (Å²) in [6, 6.07) is 9.87. The van der Waals surface area contributed by atoms with Gasteiger partial charge in [-0.2, -0.15) is 0 Å². The maximum atomic E-state index is 11.8. The molecular formula is C15H15N3O2. The highest BCUT2D eigenvalue weighted by Gasteiger charge is 2.07. The number of rotatable bonds is 4. The first-order chi connectivity index (χ1) is 9.78. The lowest BCUT2D eigenvalue weighted by Crippen LogP contribution is -2.02. The van der Waals surface area contributed by atoms with E-state index in [9.17, 15) is 4.79 Å². The molecule has 102 valence electrons. The van der Waals surface area contributed by atoms with Crippen LogP contribution < -0.4 is 10.3 Å². The van der Waals surface area contributed by atoms with Crippen LogP contribution in [0, 0.1) is 0 Å². The molecule has 5 heteroatoms. The van der Waals surface area contributed by atoms with Crippen molar-refractivity contribution in [3.8, 4) is 5.75 Å². The summed E-state index contributed by atoms with van der Waals surface area (Å²) in [6.45, 7) is 0. The molecule has 0 bridgehead atoms. The molecule has 2 heterocycles. The van der Waals surface area contributed by atoms with E-state index in [1.165, 1.54) is 5.56 Å². The second-order valence-corrected chi connectivity index (χ2v) is 4.62. The van der Waals surface area contributed by atoms with E-state index in [4.69, 9.17) is 4.74 Å². The highest BCUT2D eigenvalue weighted by atomic mass is 16.5. The van der Waals surface area contributed by atoms with Crippen molar-refractivity contribution in [1.29, 1.82) is 0 Å². The summed E-state index contributed by atoms with van der Waals surface area (Å²) in [5.74, 6) is 0.849. The summed E-state index contributed by atoms with van der Waals surface area (Å²) in [5.41, 5.74) is 2.72. The Kier molecular flexibility index (Phi) is 3.25. The Morgan fingerprint density at radius 1 is 1.10 bits per heavy atom. The molecule has 2 N–H and O–H groups in total. The number of H-pyrrole nitrogens is 2. The van der Waals surface area contributed by atoms with Gasteiger partial charge in [-0.05, 0) is 42.2 Å². The van der Waals surface area contributed by atoms with Crippen LogP contribution in [0.25, 0.3) is 11.0 Å². The fraction of sp³-hybridized carbons (Fsp3) is 0.200. The minimum absolute atomic E-state index is 0.113. The van der Waals surface area contributed by atoms with Gasteiger partial charge in [0.25, 0.3) is 5.56 Å². The Morgan fingerprint density at radius 3 is 2.65 bits per heavy atom. The third-order valence-corrected chi connectivity index (χ3v) is 3.40. The van der Waals surface area contributed by atoms with Crippen LogP contribution in [-0.2, 0) is 12.8 Å². The van der Waals surface area contributed by atoms with Gasteiger partial charge in [-0.15, -0.1) is 0 Å². The quantitative estimate of drug-likeness (QED) is 0.761. The number of hydrogen-bond acceptors (Lipinski definition) is 3. The first-order valence-corrected chi connectivity index (χ1v) is 6.45. The fourth-order valence-corrected chi connectivity index (χ4v) is 2.31. The van der Waals surface area contributed by atoms with E-state index in [1.54, 1.807) is 13.3 Å². The van der Waals surface area contributed by atoms with Crippen molar-refractivity contribution in [2.24, 2.45) is 0 Å². The number of nitrogens with one attached hydrogen (secondary N) is 2. The van der Waals surface area contributed by atoms with Gasteiger partial charge in [0.2, 0.25) is 0 Å². The van der Waals surface area contributed by atoms with E-state index in [1.807, 2.05) is 30.3 Å². The minimum atomic E-state index is -0.113. The van der Waals surface area contributed by atoms with Crippen LogP contribution in [0.1, 0.15) is 11.1 Å². The summed E-state index contributed by atoms with van der Waals surface area (Å²) in [7, 11) is 1.65. The highest BCUT2D eigenvalue weighted by Crippen LogP contribution is 2.16. The SMILES string of the molecule is COc1ccc(CCc2ccnc3[nH][nH]c(=O)c23)cc1. The summed E-state index contributed by atoms with van der Waals surface area (Å²) in [5, 5.41) is 6.00. The van der Waals surface area contributed by atoms with Crippen molar-refractivity contribution in [3.05, 3.63) is 58.0 Å². The maximum Gasteiger partial charge on any atom is 0.273 e. The number of ether oxygens (including phenoxy) is 1. The molecule has 0 atom stereocenters. The molecule has 0 saturated carbocycles. The van der Waals surface area contributed by atoms with Crippen LogP contribution >= 0.6 is 0 Å². The lowest BCUT2D eigenvalue weighted by molar-refractivity contribution is 0.414. The van der Waals surface area contributed by atoms with Gasteiger partial charge >= 0.3 is 0 Å². The van der Waals surface area contributed by atoms with E-state index < -0.39 is 0 Å². The molecule has 3 aromatic rings. The molecule has 3 rings (SSSR count). The predicted molar refractivity (Wildman–Crippen MR) is 77.1 cm³/mol. The Morgan fingerprint density at radius 2 is 1.90 bits per heavy atom. The molecule has 0 unspecified atom stereocenters. The van der Waals surface area contributed by atoms with Crippen molar-refractivity contribution in [2.45, 2.75) is 12.8 Å². The van der Waals surface area contributed by atoms with Gasteiger partial charge in [-0.1, -0.05) is 12.1 Å². The van der Waals surface area contributed by atoms with Gasteiger partial charge in [0.05, 0.1) is 12.5 Å². The van der Waals surface area contributed by atoms with Crippen LogP contribution in [0.4, 0.5) is 0 Å². The number of pyridine rings is 1. The number of methoxy groups -OCH3 is 1. The van der Waals surface area contributed by atoms with Gasteiger partial charge < -0.3 is 4.74 Å². The highest BCUT2D eigenvalue weighted by molar-refractivity contribution is 5.77. The summed E-state index contributed by atoms with van der Waals surface area (Å²) < 4.78 is 5.14. The van der Waals surface area contributed by atoms with Crippen LogP contribution in [0.3, 0.4) is 0 Å². The molecule has 0 radical (unpaired) electrons. The van der Waals surface area contributed by atoms with E-state index in [0.29, 0.717) is 11.0 Å².